The number of hydrogen-bond acceptors (Lipinski definition) is 3. The van der Waals surface area contributed by atoms with Crippen molar-refractivity contribution < 1.29 is 23.8 Å². The molecular formula is C26H23FO4. The number of aryl methyl sites for hydroxylation is 2. The Kier molecular flexibility index (Phi) is 4.89. The van der Waals surface area contributed by atoms with E-state index in [1.165, 1.54) is 6.07 Å². The normalized spacial score (nSPS) is 19.2. The summed E-state index contributed by atoms with van der Waals surface area (Å²) in [7, 11) is 0. The summed E-state index contributed by atoms with van der Waals surface area (Å²) in [5, 5.41) is 9.13. The minimum atomic E-state index is -0.834. The van der Waals surface area contributed by atoms with Gasteiger partial charge >= 0.3 is 5.97 Å². The van der Waals surface area contributed by atoms with E-state index in [1.54, 1.807) is 6.07 Å². The second kappa shape index (κ2) is 7.73. The molecule has 1 N–H and O–H groups in total. The van der Waals surface area contributed by atoms with E-state index in [-0.39, 0.29) is 24.3 Å². The van der Waals surface area contributed by atoms with E-state index in [0.717, 1.165) is 34.2 Å². The van der Waals surface area contributed by atoms with Crippen LogP contribution in [-0.2, 0) is 11.2 Å². The lowest BCUT2D eigenvalue weighted by Crippen LogP contribution is -2.17. The van der Waals surface area contributed by atoms with Gasteiger partial charge in [-0.05, 0) is 60.2 Å². The Labute approximate surface area is 180 Å². The van der Waals surface area contributed by atoms with E-state index >= 15 is 0 Å². The number of fused-ring (bicyclic) bond motifs is 2. The van der Waals surface area contributed by atoms with Gasteiger partial charge in [-0.1, -0.05) is 30.3 Å². The third kappa shape index (κ3) is 3.65. The summed E-state index contributed by atoms with van der Waals surface area (Å²) in [6, 6.07) is 17.1. The van der Waals surface area contributed by atoms with Crippen LogP contribution in [0.5, 0.6) is 11.5 Å². The fourth-order valence-corrected chi connectivity index (χ4v) is 4.61. The van der Waals surface area contributed by atoms with Gasteiger partial charge in [0.25, 0.3) is 0 Å². The molecule has 1 unspecified atom stereocenters. The highest BCUT2D eigenvalue weighted by atomic mass is 19.1. The van der Waals surface area contributed by atoms with Crippen LogP contribution in [-0.4, -0.2) is 17.7 Å². The maximum Gasteiger partial charge on any atom is 0.304 e. The lowest BCUT2D eigenvalue weighted by atomic mass is 9.90. The second-order valence-electron chi connectivity index (χ2n) is 8.30. The first-order chi connectivity index (χ1) is 15.0. The van der Waals surface area contributed by atoms with Crippen molar-refractivity contribution in [1.29, 1.82) is 0 Å². The van der Waals surface area contributed by atoms with Gasteiger partial charge in [0.05, 0.1) is 13.0 Å². The van der Waals surface area contributed by atoms with Crippen molar-refractivity contribution in [3.05, 3.63) is 82.7 Å². The fraction of sp³-hybridized carbons (Fsp3) is 0.269. The Balaban J connectivity index is 1.45. The molecule has 0 bridgehead atoms. The van der Waals surface area contributed by atoms with E-state index in [9.17, 15) is 9.18 Å². The molecule has 2 atom stereocenters. The van der Waals surface area contributed by atoms with Crippen LogP contribution < -0.4 is 9.47 Å². The molecule has 2 aliphatic rings. The van der Waals surface area contributed by atoms with Crippen LogP contribution in [0.2, 0.25) is 0 Å². The highest BCUT2D eigenvalue weighted by Gasteiger charge is 2.31. The van der Waals surface area contributed by atoms with E-state index in [2.05, 4.69) is 0 Å². The number of aliphatic carboxylic acids is 1. The molecule has 5 rings (SSSR count). The first-order valence-corrected chi connectivity index (χ1v) is 10.5. The van der Waals surface area contributed by atoms with Crippen molar-refractivity contribution in [2.24, 2.45) is 0 Å². The Hall–Kier alpha value is -3.34. The van der Waals surface area contributed by atoms with Crippen LogP contribution in [0.4, 0.5) is 4.39 Å². The molecule has 5 heteroatoms. The lowest BCUT2D eigenvalue weighted by molar-refractivity contribution is -0.137. The van der Waals surface area contributed by atoms with Crippen LogP contribution in [0.3, 0.4) is 0 Å². The van der Waals surface area contributed by atoms with Crippen molar-refractivity contribution in [1.82, 2.24) is 0 Å². The lowest BCUT2D eigenvalue weighted by Gasteiger charge is -2.28. The fourth-order valence-electron chi connectivity index (χ4n) is 4.61. The summed E-state index contributed by atoms with van der Waals surface area (Å²) in [5.74, 6) is 0.106. The summed E-state index contributed by atoms with van der Waals surface area (Å²) in [6.45, 7) is 2.41. The highest BCUT2D eigenvalue weighted by Crippen LogP contribution is 2.44. The molecule has 0 saturated carbocycles. The van der Waals surface area contributed by atoms with Crippen LogP contribution in [0, 0.1) is 12.7 Å². The predicted octanol–water partition coefficient (Wildman–Crippen LogP) is 5.82. The number of halogens is 1. The summed E-state index contributed by atoms with van der Waals surface area (Å²) >= 11 is 0. The van der Waals surface area contributed by atoms with Crippen LogP contribution in [0.25, 0.3) is 11.1 Å². The third-order valence-electron chi connectivity index (χ3n) is 6.24. The zero-order chi connectivity index (χ0) is 21.5. The summed E-state index contributed by atoms with van der Waals surface area (Å²) < 4.78 is 26.7. The molecule has 0 spiro atoms. The van der Waals surface area contributed by atoms with Gasteiger partial charge in [0, 0.05) is 23.1 Å². The first kappa shape index (κ1) is 19.6. The predicted molar refractivity (Wildman–Crippen MR) is 115 cm³/mol. The molecule has 0 fully saturated rings. The topological polar surface area (TPSA) is 55.8 Å². The molecule has 0 radical (unpaired) electrons. The van der Waals surface area contributed by atoms with Crippen molar-refractivity contribution in [3.8, 4) is 22.6 Å². The van der Waals surface area contributed by atoms with E-state index in [4.69, 9.17) is 14.6 Å². The summed E-state index contributed by atoms with van der Waals surface area (Å²) in [4.78, 5) is 11.1. The van der Waals surface area contributed by atoms with Gasteiger partial charge in [-0.15, -0.1) is 0 Å². The first-order valence-electron chi connectivity index (χ1n) is 10.5. The largest absolute Gasteiger partial charge is 0.492 e. The highest BCUT2D eigenvalue weighted by molar-refractivity contribution is 5.69. The molecule has 31 heavy (non-hydrogen) atoms. The average molecular weight is 418 g/mol. The van der Waals surface area contributed by atoms with Crippen molar-refractivity contribution in [2.75, 3.05) is 6.61 Å². The minimum Gasteiger partial charge on any atom is -0.492 e. The molecule has 2 heterocycles. The van der Waals surface area contributed by atoms with Gasteiger partial charge in [0.2, 0.25) is 0 Å². The molecule has 3 aromatic carbocycles. The number of hydrogen-bond donors (Lipinski definition) is 1. The molecule has 158 valence electrons. The van der Waals surface area contributed by atoms with Gasteiger partial charge in [-0.2, -0.15) is 0 Å². The second-order valence-corrected chi connectivity index (χ2v) is 8.30. The zero-order valence-corrected chi connectivity index (χ0v) is 17.2. The standard InChI is InChI=1S/C26H23FO4/c1-15-4-2-3-5-19(15)16-6-8-22(27)21(10-16)23-9-7-17-11-20-18(12-26(28)29)14-30-25(20)13-24(17)31-23/h2-6,8,10-11,13,18,23H,7,9,12,14H2,1H3,(H,28,29)/t18-,23?/m1/s1. The smallest absolute Gasteiger partial charge is 0.304 e. The number of ether oxygens (including phenoxy) is 2. The van der Waals surface area contributed by atoms with E-state index in [0.29, 0.717) is 30.1 Å². The van der Waals surface area contributed by atoms with Gasteiger partial charge in [-0.3, -0.25) is 4.79 Å². The van der Waals surface area contributed by atoms with Gasteiger partial charge in [0.1, 0.15) is 23.4 Å². The molecule has 3 aromatic rings. The van der Waals surface area contributed by atoms with E-state index < -0.39 is 5.97 Å². The molecule has 0 saturated heterocycles. The average Bonchev–Trinajstić information content (AvgIpc) is 3.13. The number of benzene rings is 3. The van der Waals surface area contributed by atoms with Crippen molar-refractivity contribution in [2.45, 2.75) is 38.2 Å². The van der Waals surface area contributed by atoms with Gasteiger partial charge in [-0.25, -0.2) is 4.39 Å². The van der Waals surface area contributed by atoms with Crippen LogP contribution >= 0.6 is 0 Å². The monoisotopic (exact) mass is 418 g/mol. The number of rotatable bonds is 4. The molecule has 0 amide bonds. The molecular weight excluding hydrogens is 395 g/mol. The third-order valence-corrected chi connectivity index (χ3v) is 6.24. The summed E-state index contributed by atoms with van der Waals surface area (Å²) in [6.07, 6.45) is 1.06. The Bertz CT molecular complexity index is 1170. The maximum atomic E-state index is 14.8. The summed E-state index contributed by atoms with van der Waals surface area (Å²) in [5.41, 5.74) is 5.69. The molecule has 0 aromatic heterocycles. The Morgan fingerprint density at radius 3 is 2.74 bits per heavy atom. The van der Waals surface area contributed by atoms with E-state index in [1.807, 2.05) is 49.4 Å². The molecule has 4 nitrogen and oxygen atoms in total. The SMILES string of the molecule is Cc1ccccc1-c1ccc(F)c(C2CCc3cc4c(cc3O2)OC[C@H]4CC(=O)O)c1. The quantitative estimate of drug-likeness (QED) is 0.580. The minimum absolute atomic E-state index is 0.0478. The zero-order valence-electron chi connectivity index (χ0n) is 17.2. The Morgan fingerprint density at radius 2 is 1.94 bits per heavy atom. The maximum absolute atomic E-state index is 14.8. The Morgan fingerprint density at radius 1 is 1.10 bits per heavy atom. The number of carboxylic acids is 1. The van der Waals surface area contributed by atoms with Crippen molar-refractivity contribution in [3.63, 3.8) is 0 Å². The number of carboxylic acid groups (broad SMARTS) is 1. The molecule has 2 aliphatic heterocycles. The molecule has 0 aliphatic carbocycles. The van der Waals surface area contributed by atoms with Gasteiger partial charge < -0.3 is 14.6 Å². The van der Waals surface area contributed by atoms with Crippen LogP contribution in [0.1, 0.15) is 47.1 Å². The van der Waals surface area contributed by atoms with Gasteiger partial charge in [0.15, 0.2) is 0 Å². The number of carbonyl (C=O) groups is 1. The van der Waals surface area contributed by atoms with Crippen LogP contribution in [0.15, 0.2) is 54.6 Å². The van der Waals surface area contributed by atoms with Crippen molar-refractivity contribution >= 4 is 5.97 Å².